The van der Waals surface area contributed by atoms with E-state index < -0.39 is 0 Å². The molecule has 4 rings (SSSR count). The molecule has 1 heterocycles. The predicted octanol–water partition coefficient (Wildman–Crippen LogP) is 5.08. The third-order valence-electron chi connectivity index (χ3n) is 4.04. The van der Waals surface area contributed by atoms with E-state index in [0.29, 0.717) is 0 Å². The lowest BCUT2D eigenvalue weighted by Gasteiger charge is -2.00. The van der Waals surface area contributed by atoms with Crippen LogP contribution in [0, 0.1) is 0 Å². The molecule has 3 aromatic carbocycles. The average molecular weight is 284 g/mol. The summed E-state index contributed by atoms with van der Waals surface area (Å²) in [7, 11) is 2.07. The number of nitrogens with zero attached hydrogens (tertiary/aromatic N) is 2. The molecule has 0 amide bonds. The molecule has 4 aromatic rings. The van der Waals surface area contributed by atoms with Crippen LogP contribution in [0.3, 0.4) is 0 Å². The summed E-state index contributed by atoms with van der Waals surface area (Å²) in [6, 6.07) is 23.0. The Morgan fingerprint density at radius 1 is 0.818 bits per heavy atom. The number of fused-ring (bicyclic) bond motifs is 2. The Morgan fingerprint density at radius 2 is 1.55 bits per heavy atom. The van der Waals surface area contributed by atoms with Crippen LogP contribution in [0.4, 0.5) is 5.69 Å². The van der Waals surface area contributed by atoms with Crippen LogP contribution in [0.15, 0.2) is 77.9 Å². The molecule has 0 saturated heterocycles. The summed E-state index contributed by atoms with van der Waals surface area (Å²) in [5, 5.41) is 3.63. The molecule has 0 N–H and O–H groups in total. The molecule has 0 atom stereocenters. The summed E-state index contributed by atoms with van der Waals surface area (Å²) in [6.45, 7) is 0. The summed E-state index contributed by atoms with van der Waals surface area (Å²) in [4.78, 5) is 4.73. The highest BCUT2D eigenvalue weighted by Crippen LogP contribution is 2.26. The summed E-state index contributed by atoms with van der Waals surface area (Å²) in [5.74, 6) is 0. The van der Waals surface area contributed by atoms with Gasteiger partial charge in [0.2, 0.25) is 0 Å². The lowest BCUT2D eigenvalue weighted by Crippen LogP contribution is -1.82. The third-order valence-corrected chi connectivity index (χ3v) is 4.04. The number of hydrogen-bond acceptors (Lipinski definition) is 1. The van der Waals surface area contributed by atoms with Crippen molar-refractivity contribution in [1.29, 1.82) is 0 Å². The Morgan fingerprint density at radius 3 is 2.45 bits per heavy atom. The van der Waals surface area contributed by atoms with Gasteiger partial charge in [0.25, 0.3) is 0 Å². The highest BCUT2D eigenvalue weighted by molar-refractivity contribution is 6.02. The van der Waals surface area contributed by atoms with Crippen LogP contribution in [-0.4, -0.2) is 10.8 Å². The standard InChI is InChI=1S/C20H16N2/c1-22-14-16(18-10-4-5-12-20(18)22)13-21-19-11-6-8-15-7-2-3-9-17(15)19/h2-14H,1H3. The minimum atomic E-state index is 1.01. The van der Waals surface area contributed by atoms with E-state index >= 15 is 0 Å². The quantitative estimate of drug-likeness (QED) is 0.457. The van der Waals surface area contributed by atoms with Crippen LogP contribution in [0.2, 0.25) is 0 Å². The maximum Gasteiger partial charge on any atom is 0.0708 e. The molecule has 0 unspecified atom stereocenters. The number of hydrogen-bond donors (Lipinski definition) is 0. The van der Waals surface area contributed by atoms with E-state index in [1.54, 1.807) is 0 Å². The molecule has 22 heavy (non-hydrogen) atoms. The van der Waals surface area contributed by atoms with E-state index in [9.17, 15) is 0 Å². The topological polar surface area (TPSA) is 17.3 Å². The summed E-state index contributed by atoms with van der Waals surface area (Å²) in [5.41, 5.74) is 3.37. The summed E-state index contributed by atoms with van der Waals surface area (Å²) in [6.07, 6.45) is 4.09. The molecular weight excluding hydrogens is 268 g/mol. The van der Waals surface area contributed by atoms with Gasteiger partial charge in [0.1, 0.15) is 0 Å². The van der Waals surface area contributed by atoms with E-state index in [0.717, 1.165) is 11.3 Å². The van der Waals surface area contributed by atoms with Crippen LogP contribution in [-0.2, 0) is 7.05 Å². The Hall–Kier alpha value is -2.87. The van der Waals surface area contributed by atoms with Gasteiger partial charge in [-0.05, 0) is 17.5 Å². The van der Waals surface area contributed by atoms with Crippen molar-refractivity contribution in [2.45, 2.75) is 0 Å². The average Bonchev–Trinajstić information content (AvgIpc) is 2.89. The van der Waals surface area contributed by atoms with Crippen molar-refractivity contribution in [3.8, 4) is 0 Å². The first-order valence-corrected chi connectivity index (χ1v) is 7.39. The highest BCUT2D eigenvalue weighted by atomic mass is 14.9. The smallest absolute Gasteiger partial charge is 0.0708 e. The van der Waals surface area contributed by atoms with E-state index in [1.807, 2.05) is 6.21 Å². The number of aromatic nitrogens is 1. The van der Waals surface area contributed by atoms with Crippen LogP contribution in [0.1, 0.15) is 5.56 Å². The Bertz CT molecular complexity index is 988. The van der Waals surface area contributed by atoms with Crippen molar-refractivity contribution in [2.75, 3.05) is 0 Å². The van der Waals surface area contributed by atoms with Gasteiger partial charge < -0.3 is 4.57 Å². The lowest BCUT2D eigenvalue weighted by atomic mass is 10.1. The maximum atomic E-state index is 4.73. The number of aryl methyl sites for hydroxylation is 1. The van der Waals surface area contributed by atoms with Gasteiger partial charge in [-0.1, -0.05) is 54.6 Å². The SMILES string of the molecule is Cn1cc(C=Nc2cccc3ccccc23)c2ccccc21. The summed E-state index contributed by atoms with van der Waals surface area (Å²) >= 11 is 0. The van der Waals surface area contributed by atoms with E-state index in [-0.39, 0.29) is 0 Å². The lowest BCUT2D eigenvalue weighted by molar-refractivity contribution is 0.968. The van der Waals surface area contributed by atoms with Crippen molar-refractivity contribution in [3.63, 3.8) is 0 Å². The van der Waals surface area contributed by atoms with Gasteiger partial charge in [0, 0.05) is 41.3 Å². The largest absolute Gasteiger partial charge is 0.350 e. The second kappa shape index (κ2) is 5.15. The van der Waals surface area contributed by atoms with Gasteiger partial charge in [-0.2, -0.15) is 0 Å². The van der Waals surface area contributed by atoms with Crippen LogP contribution in [0.5, 0.6) is 0 Å². The fourth-order valence-electron chi connectivity index (χ4n) is 2.94. The number of para-hydroxylation sites is 1. The van der Waals surface area contributed by atoms with Crippen molar-refractivity contribution in [1.82, 2.24) is 4.57 Å². The molecule has 0 aliphatic rings. The first kappa shape index (κ1) is 12.8. The molecule has 106 valence electrons. The number of rotatable bonds is 2. The Kier molecular flexibility index (Phi) is 3.01. The van der Waals surface area contributed by atoms with Gasteiger partial charge in [0.15, 0.2) is 0 Å². The maximum absolute atomic E-state index is 4.73. The van der Waals surface area contributed by atoms with Crippen molar-refractivity contribution >= 4 is 33.6 Å². The van der Waals surface area contributed by atoms with Crippen LogP contribution < -0.4 is 0 Å². The van der Waals surface area contributed by atoms with Gasteiger partial charge in [-0.25, -0.2) is 0 Å². The Labute approximate surface area is 129 Å². The molecule has 0 bridgehead atoms. The molecule has 2 heteroatoms. The molecule has 0 aliphatic heterocycles. The molecule has 0 spiro atoms. The molecule has 0 saturated carbocycles. The minimum absolute atomic E-state index is 1.01. The second-order valence-electron chi connectivity index (χ2n) is 5.47. The van der Waals surface area contributed by atoms with Crippen LogP contribution >= 0.6 is 0 Å². The normalized spacial score (nSPS) is 11.7. The van der Waals surface area contributed by atoms with Gasteiger partial charge in [-0.15, -0.1) is 0 Å². The van der Waals surface area contributed by atoms with Crippen molar-refractivity contribution in [3.05, 3.63) is 78.5 Å². The van der Waals surface area contributed by atoms with E-state index in [1.165, 1.54) is 21.7 Å². The molecule has 0 aliphatic carbocycles. The fraction of sp³-hybridized carbons (Fsp3) is 0.0500. The first-order chi connectivity index (χ1) is 10.8. The van der Waals surface area contributed by atoms with Gasteiger partial charge in [0.05, 0.1) is 5.69 Å². The number of aliphatic imine (C=N–C) groups is 1. The van der Waals surface area contributed by atoms with Crippen molar-refractivity contribution < 1.29 is 0 Å². The van der Waals surface area contributed by atoms with Gasteiger partial charge in [-0.3, -0.25) is 4.99 Å². The zero-order valence-corrected chi connectivity index (χ0v) is 12.4. The molecule has 2 nitrogen and oxygen atoms in total. The first-order valence-electron chi connectivity index (χ1n) is 7.39. The fourth-order valence-corrected chi connectivity index (χ4v) is 2.94. The third kappa shape index (κ3) is 2.09. The second-order valence-corrected chi connectivity index (χ2v) is 5.47. The molecule has 0 radical (unpaired) electrons. The van der Waals surface area contributed by atoms with E-state index in [4.69, 9.17) is 4.99 Å². The molecule has 1 aromatic heterocycles. The van der Waals surface area contributed by atoms with Crippen LogP contribution in [0.25, 0.3) is 21.7 Å². The molecule has 0 fully saturated rings. The highest BCUT2D eigenvalue weighted by Gasteiger charge is 2.04. The summed E-state index contributed by atoms with van der Waals surface area (Å²) < 4.78 is 2.14. The monoisotopic (exact) mass is 284 g/mol. The molecular formula is C20H16N2. The predicted molar refractivity (Wildman–Crippen MR) is 94.1 cm³/mol. The van der Waals surface area contributed by atoms with Gasteiger partial charge >= 0.3 is 0 Å². The minimum Gasteiger partial charge on any atom is -0.350 e. The Balaban J connectivity index is 1.83. The van der Waals surface area contributed by atoms with E-state index in [2.05, 4.69) is 84.5 Å². The number of benzene rings is 3. The zero-order valence-electron chi connectivity index (χ0n) is 12.4. The zero-order chi connectivity index (χ0) is 14.9. The van der Waals surface area contributed by atoms with Crippen molar-refractivity contribution in [2.24, 2.45) is 12.0 Å².